The Hall–Kier alpha value is -2.96. The molecule has 0 unspecified atom stereocenters. The van der Waals surface area contributed by atoms with Crippen molar-refractivity contribution in [2.24, 2.45) is 0 Å². The molecule has 0 saturated carbocycles. The number of allylic oxidation sites excluding steroid dienone is 1. The minimum atomic E-state index is -0.193. The molecule has 30 heavy (non-hydrogen) atoms. The zero-order valence-electron chi connectivity index (χ0n) is 17.9. The quantitative estimate of drug-likeness (QED) is 0.593. The highest BCUT2D eigenvalue weighted by atomic mass is 19.1. The third-order valence-corrected chi connectivity index (χ3v) is 5.84. The van der Waals surface area contributed by atoms with E-state index in [1.165, 1.54) is 6.07 Å². The van der Waals surface area contributed by atoms with Crippen molar-refractivity contribution >= 4 is 0 Å². The first kappa shape index (κ1) is 20.3. The van der Waals surface area contributed by atoms with Crippen LogP contribution >= 0.6 is 0 Å². The molecule has 0 aliphatic carbocycles. The van der Waals surface area contributed by atoms with Gasteiger partial charge in [-0.15, -0.1) is 10.2 Å². The van der Waals surface area contributed by atoms with Crippen molar-refractivity contribution in [3.05, 3.63) is 65.4 Å². The van der Waals surface area contributed by atoms with Crippen LogP contribution < -0.4 is 0 Å². The van der Waals surface area contributed by atoms with Gasteiger partial charge >= 0.3 is 0 Å². The summed E-state index contributed by atoms with van der Waals surface area (Å²) in [6.45, 7) is 12.5. The second-order valence-corrected chi connectivity index (χ2v) is 7.98. The summed E-state index contributed by atoms with van der Waals surface area (Å²) in [5.41, 5.74) is 4.62. The average molecular weight is 410 g/mol. The molecule has 0 radical (unpaired) electrons. The van der Waals surface area contributed by atoms with Crippen molar-refractivity contribution in [1.29, 1.82) is 0 Å². The van der Waals surface area contributed by atoms with Gasteiger partial charge in [-0.2, -0.15) is 5.10 Å². The van der Waals surface area contributed by atoms with Gasteiger partial charge in [0.1, 0.15) is 5.82 Å². The van der Waals surface area contributed by atoms with Gasteiger partial charge in [-0.25, -0.2) is 4.39 Å². The lowest BCUT2D eigenvalue weighted by atomic mass is 9.96. The first-order chi connectivity index (χ1) is 14.4. The standard InChI is InChI=1S/C23H28FN5O/c1-5-20-13-22(19-6-7-21(24)15(2)12-19)27-29(20)14-16(3)28-10-8-18(9-11-28)23-26-25-17(4)30-23/h6-7,12-13,18H,3,5,8-11,14H2,1-2,4H3. The molecule has 0 bridgehead atoms. The maximum absolute atomic E-state index is 13.6. The van der Waals surface area contributed by atoms with Crippen molar-refractivity contribution in [3.8, 4) is 11.3 Å². The molecule has 2 aromatic heterocycles. The second kappa shape index (κ2) is 8.42. The summed E-state index contributed by atoms with van der Waals surface area (Å²) in [5.74, 6) is 1.49. The lowest BCUT2D eigenvalue weighted by Crippen LogP contribution is -2.33. The van der Waals surface area contributed by atoms with Crippen LogP contribution in [0.5, 0.6) is 0 Å². The first-order valence-electron chi connectivity index (χ1n) is 10.5. The van der Waals surface area contributed by atoms with Crippen LogP contribution in [0.2, 0.25) is 0 Å². The fraction of sp³-hybridized carbons (Fsp3) is 0.435. The Morgan fingerprint density at radius 1 is 1.20 bits per heavy atom. The SMILES string of the molecule is C=C(Cn1nc(-c2ccc(F)c(C)c2)cc1CC)N1CCC(c2nnc(C)o2)CC1. The molecule has 7 heteroatoms. The van der Waals surface area contributed by atoms with Gasteiger partial charge in [0, 0.05) is 42.9 Å². The number of likely N-dealkylation sites (tertiary alicyclic amines) is 1. The molecule has 0 spiro atoms. The molecular formula is C23H28FN5O. The van der Waals surface area contributed by atoms with E-state index in [2.05, 4.69) is 34.7 Å². The molecule has 1 saturated heterocycles. The molecule has 1 aromatic carbocycles. The maximum Gasteiger partial charge on any atom is 0.219 e. The van der Waals surface area contributed by atoms with Gasteiger partial charge in [0.15, 0.2) is 0 Å². The number of aromatic nitrogens is 4. The largest absolute Gasteiger partial charge is 0.425 e. The van der Waals surface area contributed by atoms with Crippen LogP contribution in [0.25, 0.3) is 11.3 Å². The van der Waals surface area contributed by atoms with E-state index >= 15 is 0 Å². The van der Waals surface area contributed by atoms with E-state index in [-0.39, 0.29) is 5.82 Å². The number of rotatable bonds is 6. The molecule has 1 aliphatic heterocycles. The number of nitrogens with zero attached hydrogens (tertiary/aromatic N) is 5. The molecular weight excluding hydrogens is 381 g/mol. The van der Waals surface area contributed by atoms with Crippen molar-refractivity contribution in [3.63, 3.8) is 0 Å². The Labute approximate surface area is 176 Å². The first-order valence-corrected chi connectivity index (χ1v) is 10.5. The van der Waals surface area contributed by atoms with Crippen molar-refractivity contribution in [1.82, 2.24) is 24.9 Å². The highest BCUT2D eigenvalue weighted by molar-refractivity contribution is 5.60. The molecule has 0 N–H and O–H groups in total. The Kier molecular flexibility index (Phi) is 5.70. The Morgan fingerprint density at radius 2 is 1.97 bits per heavy atom. The lowest BCUT2D eigenvalue weighted by molar-refractivity contribution is 0.233. The van der Waals surface area contributed by atoms with E-state index in [9.17, 15) is 4.39 Å². The Balaban J connectivity index is 1.43. The van der Waals surface area contributed by atoms with E-state index in [0.717, 1.165) is 60.9 Å². The topological polar surface area (TPSA) is 60.0 Å². The van der Waals surface area contributed by atoms with Crippen LogP contribution in [-0.2, 0) is 13.0 Å². The second-order valence-electron chi connectivity index (χ2n) is 7.98. The van der Waals surface area contributed by atoms with Crippen LogP contribution in [0.3, 0.4) is 0 Å². The fourth-order valence-electron chi connectivity index (χ4n) is 4.01. The van der Waals surface area contributed by atoms with Gasteiger partial charge < -0.3 is 9.32 Å². The van der Waals surface area contributed by atoms with Gasteiger partial charge in [-0.3, -0.25) is 4.68 Å². The summed E-state index contributed by atoms with van der Waals surface area (Å²) in [5, 5.41) is 12.9. The zero-order chi connectivity index (χ0) is 21.3. The summed E-state index contributed by atoms with van der Waals surface area (Å²) in [4.78, 5) is 2.32. The van der Waals surface area contributed by atoms with Crippen LogP contribution in [0.1, 0.15) is 48.7 Å². The van der Waals surface area contributed by atoms with Crippen LogP contribution in [-0.4, -0.2) is 38.0 Å². The van der Waals surface area contributed by atoms with Crippen LogP contribution in [0.15, 0.2) is 41.0 Å². The highest BCUT2D eigenvalue weighted by Crippen LogP contribution is 2.29. The van der Waals surface area contributed by atoms with Gasteiger partial charge in [-0.1, -0.05) is 13.5 Å². The number of benzene rings is 1. The summed E-state index contributed by atoms with van der Waals surface area (Å²) in [6, 6.07) is 7.22. The Bertz CT molecular complexity index is 1050. The van der Waals surface area contributed by atoms with E-state index in [1.807, 2.05) is 17.7 Å². The normalized spacial score (nSPS) is 15.0. The van der Waals surface area contributed by atoms with Crippen LogP contribution in [0, 0.1) is 19.7 Å². The van der Waals surface area contributed by atoms with Crippen molar-refractivity contribution in [2.75, 3.05) is 13.1 Å². The number of hydrogen-bond acceptors (Lipinski definition) is 5. The molecule has 1 fully saturated rings. The summed E-state index contributed by atoms with van der Waals surface area (Å²) in [6.07, 6.45) is 2.82. The van der Waals surface area contributed by atoms with Gasteiger partial charge in [0.05, 0.1) is 12.2 Å². The maximum atomic E-state index is 13.6. The predicted molar refractivity (Wildman–Crippen MR) is 113 cm³/mol. The number of piperidine rings is 1. The zero-order valence-corrected chi connectivity index (χ0v) is 17.9. The molecule has 6 nitrogen and oxygen atoms in total. The average Bonchev–Trinajstić information content (AvgIpc) is 3.36. The van der Waals surface area contributed by atoms with Gasteiger partial charge in [0.2, 0.25) is 11.8 Å². The van der Waals surface area contributed by atoms with E-state index < -0.39 is 0 Å². The number of hydrogen-bond donors (Lipinski definition) is 0. The van der Waals surface area contributed by atoms with E-state index in [4.69, 9.17) is 9.52 Å². The highest BCUT2D eigenvalue weighted by Gasteiger charge is 2.25. The Morgan fingerprint density at radius 3 is 2.60 bits per heavy atom. The molecule has 3 heterocycles. The van der Waals surface area contributed by atoms with Gasteiger partial charge in [-0.05, 0) is 56.0 Å². The minimum Gasteiger partial charge on any atom is -0.425 e. The summed E-state index contributed by atoms with van der Waals surface area (Å²) in [7, 11) is 0. The molecule has 158 valence electrons. The molecule has 0 atom stereocenters. The fourth-order valence-corrected chi connectivity index (χ4v) is 4.01. The third kappa shape index (κ3) is 4.15. The van der Waals surface area contributed by atoms with Crippen molar-refractivity contribution in [2.45, 2.75) is 52.5 Å². The predicted octanol–water partition coefficient (Wildman–Crippen LogP) is 4.64. The number of halogens is 1. The lowest BCUT2D eigenvalue weighted by Gasteiger charge is -2.33. The monoisotopic (exact) mass is 409 g/mol. The molecule has 1 aliphatic rings. The van der Waals surface area contributed by atoms with E-state index in [0.29, 0.717) is 23.9 Å². The third-order valence-electron chi connectivity index (χ3n) is 5.84. The molecule has 0 amide bonds. The van der Waals surface area contributed by atoms with Gasteiger partial charge in [0.25, 0.3) is 0 Å². The van der Waals surface area contributed by atoms with Crippen molar-refractivity contribution < 1.29 is 8.81 Å². The molecule has 4 rings (SSSR count). The van der Waals surface area contributed by atoms with Crippen LogP contribution in [0.4, 0.5) is 4.39 Å². The summed E-state index contributed by atoms with van der Waals surface area (Å²) >= 11 is 0. The molecule has 3 aromatic rings. The minimum absolute atomic E-state index is 0.193. The smallest absolute Gasteiger partial charge is 0.219 e. The number of aryl methyl sites for hydroxylation is 3. The van der Waals surface area contributed by atoms with E-state index in [1.54, 1.807) is 13.0 Å². The summed E-state index contributed by atoms with van der Waals surface area (Å²) < 4.78 is 21.2.